The van der Waals surface area contributed by atoms with E-state index in [0.717, 1.165) is 5.56 Å². The molecule has 0 radical (unpaired) electrons. The van der Waals surface area contributed by atoms with Crippen molar-refractivity contribution in [2.75, 3.05) is 17.7 Å². The van der Waals surface area contributed by atoms with Gasteiger partial charge < -0.3 is 20.1 Å². The van der Waals surface area contributed by atoms with Gasteiger partial charge in [0, 0.05) is 0 Å². The summed E-state index contributed by atoms with van der Waals surface area (Å²) >= 11 is 0. The molecule has 3 aromatic carbocycles. The minimum absolute atomic E-state index is 0.333. The molecule has 0 aromatic heterocycles. The van der Waals surface area contributed by atoms with Crippen LogP contribution in [0.1, 0.15) is 22.8 Å². The molecule has 0 heterocycles. The molecule has 0 spiro atoms. The van der Waals surface area contributed by atoms with Crippen molar-refractivity contribution in [3.63, 3.8) is 0 Å². The highest BCUT2D eigenvalue weighted by Gasteiger charge is 2.19. The number of anilines is 2. The van der Waals surface area contributed by atoms with E-state index in [-0.39, 0.29) is 11.8 Å². The second-order valence-corrected chi connectivity index (χ2v) is 6.77. The molecule has 0 saturated heterocycles. The predicted molar refractivity (Wildman–Crippen MR) is 117 cm³/mol. The van der Waals surface area contributed by atoms with Gasteiger partial charge in [-0.25, -0.2) is 0 Å². The lowest BCUT2D eigenvalue weighted by molar-refractivity contribution is -0.122. The maximum Gasteiger partial charge on any atom is 0.265 e. The van der Waals surface area contributed by atoms with Gasteiger partial charge in [0.05, 0.1) is 24.0 Å². The fourth-order valence-corrected chi connectivity index (χ4v) is 2.91. The van der Waals surface area contributed by atoms with Gasteiger partial charge in [-0.2, -0.15) is 0 Å². The van der Waals surface area contributed by atoms with Gasteiger partial charge in [-0.1, -0.05) is 36.4 Å². The molecule has 0 aliphatic rings. The highest BCUT2D eigenvalue weighted by Crippen LogP contribution is 2.25. The van der Waals surface area contributed by atoms with E-state index in [1.807, 2.05) is 31.2 Å². The lowest BCUT2D eigenvalue weighted by atomic mass is 10.1. The second kappa shape index (κ2) is 9.60. The fourth-order valence-electron chi connectivity index (χ4n) is 2.91. The average molecular weight is 404 g/mol. The largest absolute Gasteiger partial charge is 0.495 e. The fraction of sp³-hybridized carbons (Fsp3) is 0.167. The Morgan fingerprint density at radius 3 is 2.30 bits per heavy atom. The van der Waals surface area contributed by atoms with Crippen LogP contribution in [0.25, 0.3) is 0 Å². The van der Waals surface area contributed by atoms with E-state index in [0.29, 0.717) is 28.4 Å². The summed E-state index contributed by atoms with van der Waals surface area (Å²) in [5.74, 6) is 0.448. The molecule has 3 aromatic rings. The zero-order chi connectivity index (χ0) is 21.5. The molecule has 6 heteroatoms. The van der Waals surface area contributed by atoms with Crippen LogP contribution in [-0.4, -0.2) is 25.0 Å². The molecule has 0 unspecified atom stereocenters. The SMILES string of the molecule is COc1ccccc1NC(=O)c1ccccc1NC(=O)[C@H](C)Oc1cccc(C)c1. The Morgan fingerprint density at radius 2 is 1.57 bits per heavy atom. The molecule has 6 nitrogen and oxygen atoms in total. The molecule has 154 valence electrons. The van der Waals surface area contributed by atoms with Crippen molar-refractivity contribution in [2.45, 2.75) is 20.0 Å². The summed E-state index contributed by atoms with van der Waals surface area (Å²) in [5, 5.41) is 5.60. The first-order valence-corrected chi connectivity index (χ1v) is 9.55. The number of ether oxygens (including phenoxy) is 2. The zero-order valence-electron chi connectivity index (χ0n) is 17.1. The van der Waals surface area contributed by atoms with Crippen molar-refractivity contribution in [1.82, 2.24) is 0 Å². The second-order valence-electron chi connectivity index (χ2n) is 6.77. The van der Waals surface area contributed by atoms with E-state index >= 15 is 0 Å². The van der Waals surface area contributed by atoms with Crippen LogP contribution >= 0.6 is 0 Å². The Balaban J connectivity index is 1.73. The maximum absolute atomic E-state index is 12.8. The molecule has 0 saturated carbocycles. The van der Waals surface area contributed by atoms with Crippen LogP contribution in [-0.2, 0) is 4.79 Å². The van der Waals surface area contributed by atoms with Crippen LogP contribution in [0.5, 0.6) is 11.5 Å². The summed E-state index contributed by atoms with van der Waals surface area (Å²) in [6.07, 6.45) is -0.739. The van der Waals surface area contributed by atoms with Gasteiger partial charge in [-0.3, -0.25) is 9.59 Å². The summed E-state index contributed by atoms with van der Waals surface area (Å²) in [4.78, 5) is 25.5. The van der Waals surface area contributed by atoms with Gasteiger partial charge >= 0.3 is 0 Å². The van der Waals surface area contributed by atoms with Gasteiger partial charge in [0.25, 0.3) is 11.8 Å². The number of methoxy groups -OCH3 is 1. The first-order chi connectivity index (χ1) is 14.5. The van der Waals surface area contributed by atoms with E-state index in [1.54, 1.807) is 55.5 Å². The molecule has 2 N–H and O–H groups in total. The number of carbonyl (C=O) groups excluding carboxylic acids is 2. The number of para-hydroxylation sites is 3. The first-order valence-electron chi connectivity index (χ1n) is 9.55. The molecule has 2 amide bonds. The molecule has 30 heavy (non-hydrogen) atoms. The Labute approximate surface area is 175 Å². The van der Waals surface area contributed by atoms with E-state index < -0.39 is 6.10 Å². The lowest BCUT2D eigenvalue weighted by Gasteiger charge is -2.17. The quantitative estimate of drug-likeness (QED) is 0.600. The van der Waals surface area contributed by atoms with Crippen molar-refractivity contribution >= 4 is 23.2 Å². The highest BCUT2D eigenvalue weighted by atomic mass is 16.5. The standard InChI is InChI=1S/C24H24N2O4/c1-16-9-8-10-18(15-16)30-17(2)23(27)25-20-12-5-4-11-19(20)24(28)26-21-13-6-7-14-22(21)29-3/h4-15,17H,1-3H3,(H,25,27)(H,26,28)/t17-/m0/s1. The van der Waals surface area contributed by atoms with Crippen molar-refractivity contribution in [2.24, 2.45) is 0 Å². The molecule has 0 bridgehead atoms. The minimum Gasteiger partial charge on any atom is -0.495 e. The summed E-state index contributed by atoms with van der Waals surface area (Å²) in [6.45, 7) is 3.61. The highest BCUT2D eigenvalue weighted by molar-refractivity contribution is 6.10. The number of amides is 2. The van der Waals surface area contributed by atoms with Gasteiger partial charge in [0.2, 0.25) is 0 Å². The monoisotopic (exact) mass is 404 g/mol. The number of nitrogens with one attached hydrogen (secondary N) is 2. The Kier molecular flexibility index (Phi) is 6.70. The third-order valence-corrected chi connectivity index (χ3v) is 4.46. The topological polar surface area (TPSA) is 76.7 Å². The van der Waals surface area contributed by atoms with Crippen molar-refractivity contribution in [3.8, 4) is 11.5 Å². The average Bonchev–Trinajstić information content (AvgIpc) is 2.74. The van der Waals surface area contributed by atoms with Crippen molar-refractivity contribution in [3.05, 3.63) is 83.9 Å². The van der Waals surface area contributed by atoms with Crippen LogP contribution in [0.3, 0.4) is 0 Å². The third kappa shape index (κ3) is 5.17. The third-order valence-electron chi connectivity index (χ3n) is 4.46. The van der Waals surface area contributed by atoms with Gasteiger partial charge in [-0.05, 0) is 55.8 Å². The summed E-state index contributed by atoms with van der Waals surface area (Å²) < 4.78 is 11.0. The predicted octanol–water partition coefficient (Wildman–Crippen LogP) is 4.66. The van der Waals surface area contributed by atoms with Crippen LogP contribution < -0.4 is 20.1 Å². The number of hydrogen-bond donors (Lipinski definition) is 2. The van der Waals surface area contributed by atoms with Gasteiger partial charge in [-0.15, -0.1) is 0 Å². The number of benzene rings is 3. The molecular formula is C24H24N2O4. The number of hydrogen-bond acceptors (Lipinski definition) is 4. The molecule has 0 fully saturated rings. The van der Waals surface area contributed by atoms with E-state index in [4.69, 9.17) is 9.47 Å². The van der Waals surface area contributed by atoms with Gasteiger partial charge in [0.15, 0.2) is 6.10 Å². The summed E-state index contributed by atoms with van der Waals surface area (Å²) in [5.41, 5.74) is 2.31. The minimum atomic E-state index is -0.739. The van der Waals surface area contributed by atoms with Crippen LogP contribution in [0.4, 0.5) is 11.4 Å². The number of rotatable bonds is 7. The number of aryl methyl sites for hydroxylation is 1. The van der Waals surface area contributed by atoms with Crippen molar-refractivity contribution < 1.29 is 19.1 Å². The van der Waals surface area contributed by atoms with Gasteiger partial charge in [0.1, 0.15) is 11.5 Å². The Bertz CT molecular complexity index is 1050. The van der Waals surface area contributed by atoms with Crippen LogP contribution in [0.2, 0.25) is 0 Å². The lowest BCUT2D eigenvalue weighted by Crippen LogP contribution is -2.31. The molecule has 0 aliphatic carbocycles. The maximum atomic E-state index is 12.8. The van der Waals surface area contributed by atoms with Crippen molar-refractivity contribution in [1.29, 1.82) is 0 Å². The van der Waals surface area contributed by atoms with E-state index in [2.05, 4.69) is 10.6 Å². The zero-order valence-corrected chi connectivity index (χ0v) is 17.1. The first kappa shape index (κ1) is 20.9. The molecule has 3 rings (SSSR count). The smallest absolute Gasteiger partial charge is 0.265 e. The summed E-state index contributed by atoms with van der Waals surface area (Å²) in [7, 11) is 1.54. The van der Waals surface area contributed by atoms with E-state index in [1.165, 1.54) is 7.11 Å². The number of carbonyl (C=O) groups is 2. The molecular weight excluding hydrogens is 380 g/mol. The van der Waals surface area contributed by atoms with Crippen LogP contribution in [0, 0.1) is 6.92 Å². The Morgan fingerprint density at radius 1 is 0.867 bits per heavy atom. The van der Waals surface area contributed by atoms with E-state index in [9.17, 15) is 9.59 Å². The normalized spacial score (nSPS) is 11.3. The molecule has 1 atom stereocenters. The Hall–Kier alpha value is -3.80. The molecule has 0 aliphatic heterocycles. The van der Waals surface area contributed by atoms with Crippen LogP contribution in [0.15, 0.2) is 72.8 Å². The summed E-state index contributed by atoms with van der Waals surface area (Å²) in [6, 6.07) is 21.4.